The zero-order valence-corrected chi connectivity index (χ0v) is 16.3. The molecule has 9 heteroatoms. The topological polar surface area (TPSA) is 78.8 Å². The first-order valence-electron chi connectivity index (χ1n) is 8.76. The molecule has 1 saturated heterocycles. The van der Waals surface area contributed by atoms with Gasteiger partial charge in [-0.25, -0.2) is 9.97 Å². The predicted molar refractivity (Wildman–Crippen MR) is 104 cm³/mol. The standard InChI is InChI=1S/C17H25N7OS/c1-4-14-21-17(26-22-14)24-10-8-23(9-11-24)16(18-2)19-12-13-6-5-7-15(20-13)25-3/h5-7H,4,8-12H2,1-3H3,(H,18,19). The Labute approximate surface area is 158 Å². The molecule has 1 aliphatic rings. The summed E-state index contributed by atoms with van der Waals surface area (Å²) < 4.78 is 9.55. The highest BCUT2D eigenvalue weighted by atomic mass is 32.1. The van der Waals surface area contributed by atoms with Crippen LogP contribution in [0, 0.1) is 0 Å². The number of aliphatic imine (C=N–C) groups is 1. The largest absolute Gasteiger partial charge is 0.481 e. The molecule has 3 rings (SSSR count). The molecule has 8 nitrogen and oxygen atoms in total. The van der Waals surface area contributed by atoms with E-state index in [4.69, 9.17) is 4.74 Å². The van der Waals surface area contributed by atoms with Crippen molar-refractivity contribution in [2.75, 3.05) is 45.2 Å². The van der Waals surface area contributed by atoms with Gasteiger partial charge >= 0.3 is 0 Å². The van der Waals surface area contributed by atoms with E-state index in [9.17, 15) is 0 Å². The zero-order chi connectivity index (χ0) is 18.4. The molecule has 26 heavy (non-hydrogen) atoms. The molecule has 0 atom stereocenters. The summed E-state index contributed by atoms with van der Waals surface area (Å²) in [4.78, 5) is 18.0. The van der Waals surface area contributed by atoms with E-state index in [1.165, 1.54) is 11.5 Å². The van der Waals surface area contributed by atoms with Crippen LogP contribution in [-0.4, -0.2) is 65.5 Å². The van der Waals surface area contributed by atoms with Crippen LogP contribution in [0.15, 0.2) is 23.2 Å². The number of pyridine rings is 1. The highest BCUT2D eigenvalue weighted by molar-refractivity contribution is 7.09. The van der Waals surface area contributed by atoms with E-state index in [-0.39, 0.29) is 0 Å². The van der Waals surface area contributed by atoms with Crippen LogP contribution in [-0.2, 0) is 13.0 Å². The van der Waals surface area contributed by atoms with Gasteiger partial charge in [-0.05, 0) is 6.07 Å². The number of guanidine groups is 1. The minimum atomic E-state index is 0.611. The Hall–Kier alpha value is -2.42. The minimum absolute atomic E-state index is 0.611. The number of hydrogen-bond acceptors (Lipinski definition) is 7. The quantitative estimate of drug-likeness (QED) is 0.625. The lowest BCUT2D eigenvalue weighted by molar-refractivity contribution is 0.371. The van der Waals surface area contributed by atoms with Crippen molar-refractivity contribution in [3.8, 4) is 5.88 Å². The van der Waals surface area contributed by atoms with Crippen LogP contribution < -0.4 is 15.0 Å². The molecule has 0 unspecified atom stereocenters. The third kappa shape index (κ3) is 4.40. The van der Waals surface area contributed by atoms with Gasteiger partial charge in [-0.15, -0.1) is 0 Å². The molecule has 0 spiro atoms. The summed E-state index contributed by atoms with van der Waals surface area (Å²) in [6.45, 7) is 6.31. The summed E-state index contributed by atoms with van der Waals surface area (Å²) in [7, 11) is 3.44. The van der Waals surface area contributed by atoms with Gasteiger partial charge in [0.05, 0.1) is 19.3 Å². The van der Waals surface area contributed by atoms with Crippen LogP contribution in [0.3, 0.4) is 0 Å². The van der Waals surface area contributed by atoms with Gasteiger partial charge in [0, 0.05) is 57.2 Å². The van der Waals surface area contributed by atoms with Crippen molar-refractivity contribution in [3.05, 3.63) is 29.7 Å². The molecule has 0 bridgehead atoms. The Morgan fingerprint density at radius 3 is 2.73 bits per heavy atom. The molecule has 0 aromatic carbocycles. The van der Waals surface area contributed by atoms with Crippen molar-refractivity contribution in [1.29, 1.82) is 0 Å². The first kappa shape index (κ1) is 18.4. The lowest BCUT2D eigenvalue weighted by atomic mass is 10.3. The van der Waals surface area contributed by atoms with Gasteiger partial charge in [0.15, 0.2) is 5.96 Å². The Bertz CT molecular complexity index is 740. The van der Waals surface area contributed by atoms with E-state index >= 15 is 0 Å². The fourth-order valence-corrected chi connectivity index (χ4v) is 3.60. The molecule has 1 aliphatic heterocycles. The van der Waals surface area contributed by atoms with Gasteiger partial charge in [-0.1, -0.05) is 13.0 Å². The lowest BCUT2D eigenvalue weighted by Gasteiger charge is -2.36. The fourth-order valence-electron chi connectivity index (χ4n) is 2.80. The second kappa shape index (κ2) is 8.79. The van der Waals surface area contributed by atoms with Crippen molar-refractivity contribution >= 4 is 22.6 Å². The van der Waals surface area contributed by atoms with E-state index in [0.29, 0.717) is 12.4 Å². The van der Waals surface area contributed by atoms with E-state index in [2.05, 4.69) is 41.4 Å². The first-order chi connectivity index (χ1) is 12.7. The average Bonchev–Trinajstić information content (AvgIpc) is 3.18. The smallest absolute Gasteiger partial charge is 0.213 e. The summed E-state index contributed by atoms with van der Waals surface area (Å²) in [5, 5.41) is 4.41. The van der Waals surface area contributed by atoms with Crippen LogP contribution in [0.1, 0.15) is 18.4 Å². The molecular weight excluding hydrogens is 350 g/mol. The van der Waals surface area contributed by atoms with Gasteiger partial charge in [-0.2, -0.15) is 4.37 Å². The molecule has 140 valence electrons. The van der Waals surface area contributed by atoms with Crippen LogP contribution in [0.2, 0.25) is 0 Å². The number of aryl methyl sites for hydroxylation is 1. The molecular formula is C17H25N7OS. The predicted octanol–water partition coefficient (Wildman–Crippen LogP) is 1.40. The SMILES string of the molecule is CCc1nsc(N2CCN(C(=NC)NCc3cccc(OC)n3)CC2)n1. The second-order valence-corrected chi connectivity index (χ2v) is 6.62. The number of ether oxygens (including phenoxy) is 1. The van der Waals surface area contributed by atoms with E-state index in [1.807, 2.05) is 25.2 Å². The first-order valence-corrected chi connectivity index (χ1v) is 9.54. The molecule has 0 amide bonds. The average molecular weight is 376 g/mol. The van der Waals surface area contributed by atoms with Gasteiger partial charge in [0.1, 0.15) is 5.82 Å². The normalized spacial score (nSPS) is 15.3. The molecule has 0 aliphatic carbocycles. The van der Waals surface area contributed by atoms with E-state index in [1.54, 1.807) is 7.11 Å². The van der Waals surface area contributed by atoms with Crippen LogP contribution >= 0.6 is 11.5 Å². The monoisotopic (exact) mass is 375 g/mol. The Kier molecular flexibility index (Phi) is 6.21. The molecule has 1 N–H and O–H groups in total. The summed E-state index contributed by atoms with van der Waals surface area (Å²) >= 11 is 1.49. The molecule has 2 aromatic rings. The maximum Gasteiger partial charge on any atom is 0.213 e. The second-order valence-electron chi connectivity index (χ2n) is 5.89. The lowest BCUT2D eigenvalue weighted by Crippen LogP contribution is -2.52. The van der Waals surface area contributed by atoms with Crippen molar-refractivity contribution in [2.24, 2.45) is 4.99 Å². The maximum atomic E-state index is 5.17. The van der Waals surface area contributed by atoms with Crippen LogP contribution in [0.5, 0.6) is 5.88 Å². The zero-order valence-electron chi connectivity index (χ0n) is 15.5. The number of hydrogen-bond donors (Lipinski definition) is 1. The van der Waals surface area contributed by atoms with Gasteiger partial charge < -0.3 is 19.9 Å². The number of methoxy groups -OCH3 is 1. The highest BCUT2D eigenvalue weighted by Crippen LogP contribution is 2.19. The molecule has 2 aromatic heterocycles. The van der Waals surface area contributed by atoms with Gasteiger partial charge in [0.25, 0.3) is 0 Å². The molecule has 1 fully saturated rings. The van der Waals surface area contributed by atoms with Gasteiger partial charge in [-0.3, -0.25) is 4.99 Å². The number of nitrogens with one attached hydrogen (secondary N) is 1. The Balaban J connectivity index is 1.53. The van der Waals surface area contributed by atoms with Crippen molar-refractivity contribution in [3.63, 3.8) is 0 Å². The van der Waals surface area contributed by atoms with E-state index < -0.39 is 0 Å². The summed E-state index contributed by atoms with van der Waals surface area (Å²) in [6, 6.07) is 5.76. The maximum absolute atomic E-state index is 5.17. The van der Waals surface area contributed by atoms with Crippen LogP contribution in [0.25, 0.3) is 0 Å². The summed E-state index contributed by atoms with van der Waals surface area (Å²) in [6.07, 6.45) is 0.880. The molecule has 3 heterocycles. The van der Waals surface area contributed by atoms with Crippen molar-refractivity contribution in [2.45, 2.75) is 19.9 Å². The highest BCUT2D eigenvalue weighted by Gasteiger charge is 2.22. The third-order valence-corrected chi connectivity index (χ3v) is 5.07. The number of piperazine rings is 1. The number of aromatic nitrogens is 3. The number of nitrogens with zero attached hydrogens (tertiary/aromatic N) is 6. The summed E-state index contributed by atoms with van der Waals surface area (Å²) in [5.41, 5.74) is 0.921. The fraction of sp³-hybridized carbons (Fsp3) is 0.529. The molecule has 0 saturated carbocycles. The number of anilines is 1. The Morgan fingerprint density at radius 1 is 1.27 bits per heavy atom. The van der Waals surface area contributed by atoms with Crippen LogP contribution in [0.4, 0.5) is 5.13 Å². The number of rotatable bonds is 5. The third-order valence-electron chi connectivity index (χ3n) is 4.25. The van der Waals surface area contributed by atoms with Crippen molar-refractivity contribution in [1.82, 2.24) is 24.6 Å². The molecule has 0 radical (unpaired) electrons. The van der Waals surface area contributed by atoms with E-state index in [0.717, 1.165) is 55.2 Å². The summed E-state index contributed by atoms with van der Waals surface area (Å²) in [5.74, 6) is 2.44. The Morgan fingerprint density at radius 2 is 2.08 bits per heavy atom. The van der Waals surface area contributed by atoms with Crippen molar-refractivity contribution < 1.29 is 4.74 Å². The minimum Gasteiger partial charge on any atom is -0.481 e. The van der Waals surface area contributed by atoms with Gasteiger partial charge in [0.2, 0.25) is 11.0 Å².